The maximum absolute atomic E-state index is 3.51. The Morgan fingerprint density at radius 2 is 2.38 bits per heavy atom. The van der Waals surface area contributed by atoms with Gasteiger partial charge in [-0.3, -0.25) is 0 Å². The number of rotatable bonds is 7. The van der Waals surface area contributed by atoms with Gasteiger partial charge in [-0.1, -0.05) is 0 Å². The van der Waals surface area contributed by atoms with Crippen molar-refractivity contribution in [3.05, 3.63) is 0 Å². The van der Waals surface area contributed by atoms with Gasteiger partial charge in [0, 0.05) is 12.6 Å². The molecule has 3 heteroatoms. The summed E-state index contributed by atoms with van der Waals surface area (Å²) in [5.41, 5.74) is 0. The van der Waals surface area contributed by atoms with E-state index < -0.39 is 0 Å². The van der Waals surface area contributed by atoms with E-state index in [-0.39, 0.29) is 0 Å². The maximum Gasteiger partial charge on any atom is 0.0192 e. The second-order valence-electron chi connectivity index (χ2n) is 3.70. The summed E-state index contributed by atoms with van der Waals surface area (Å²) in [5.74, 6) is 1.31. The van der Waals surface area contributed by atoms with Crippen molar-refractivity contribution in [3.63, 3.8) is 0 Å². The van der Waals surface area contributed by atoms with Crippen molar-refractivity contribution in [3.8, 4) is 0 Å². The fourth-order valence-electron chi connectivity index (χ4n) is 1.70. The first kappa shape index (κ1) is 11.3. The number of thioether (sulfide) groups is 1. The molecular formula is C10H22N2S. The molecule has 1 rings (SSSR count). The first-order valence-electron chi connectivity index (χ1n) is 5.36. The van der Waals surface area contributed by atoms with Crippen LogP contribution in [0.2, 0.25) is 0 Å². The van der Waals surface area contributed by atoms with Crippen molar-refractivity contribution in [2.24, 2.45) is 0 Å². The van der Waals surface area contributed by atoms with Gasteiger partial charge in [-0.25, -0.2) is 0 Å². The molecule has 1 aliphatic rings. The molecule has 1 saturated heterocycles. The predicted molar refractivity (Wildman–Crippen MR) is 61.5 cm³/mol. The van der Waals surface area contributed by atoms with E-state index in [9.17, 15) is 0 Å². The van der Waals surface area contributed by atoms with Crippen LogP contribution in [-0.2, 0) is 0 Å². The molecule has 0 aliphatic carbocycles. The van der Waals surface area contributed by atoms with Gasteiger partial charge in [0.2, 0.25) is 0 Å². The highest BCUT2D eigenvalue weighted by Gasteiger charge is 2.12. The van der Waals surface area contributed by atoms with Crippen LogP contribution in [0.5, 0.6) is 0 Å². The Morgan fingerprint density at radius 3 is 3.08 bits per heavy atom. The number of unbranched alkanes of at least 4 members (excludes halogenated alkanes) is 1. The van der Waals surface area contributed by atoms with E-state index in [4.69, 9.17) is 0 Å². The molecule has 2 nitrogen and oxygen atoms in total. The van der Waals surface area contributed by atoms with Crippen molar-refractivity contribution < 1.29 is 0 Å². The third-order valence-corrected chi connectivity index (χ3v) is 3.20. The van der Waals surface area contributed by atoms with Gasteiger partial charge in [0.05, 0.1) is 0 Å². The van der Waals surface area contributed by atoms with E-state index in [1.54, 1.807) is 0 Å². The SMILES string of the molecule is CSCCCCNCC1CCCN1. The smallest absolute Gasteiger partial charge is 0.0192 e. The maximum atomic E-state index is 3.51. The van der Waals surface area contributed by atoms with Crippen LogP contribution in [0.1, 0.15) is 25.7 Å². The van der Waals surface area contributed by atoms with Crippen LogP contribution in [0.3, 0.4) is 0 Å². The zero-order valence-electron chi connectivity index (χ0n) is 8.64. The molecule has 78 valence electrons. The Hall–Kier alpha value is 0.270. The summed E-state index contributed by atoms with van der Waals surface area (Å²) in [6.07, 6.45) is 7.58. The largest absolute Gasteiger partial charge is 0.315 e. The molecule has 2 N–H and O–H groups in total. The van der Waals surface area contributed by atoms with Crippen LogP contribution < -0.4 is 10.6 Å². The van der Waals surface area contributed by atoms with Crippen LogP contribution in [0, 0.1) is 0 Å². The lowest BCUT2D eigenvalue weighted by Gasteiger charge is -2.10. The highest BCUT2D eigenvalue weighted by atomic mass is 32.2. The van der Waals surface area contributed by atoms with Crippen molar-refractivity contribution in [1.29, 1.82) is 0 Å². The van der Waals surface area contributed by atoms with Crippen LogP contribution in [0.4, 0.5) is 0 Å². The molecule has 0 spiro atoms. The van der Waals surface area contributed by atoms with Crippen molar-refractivity contribution in [2.75, 3.05) is 31.6 Å². The molecule has 1 atom stereocenters. The molecule has 0 radical (unpaired) electrons. The van der Waals surface area contributed by atoms with Gasteiger partial charge in [0.1, 0.15) is 0 Å². The lowest BCUT2D eigenvalue weighted by Crippen LogP contribution is -2.34. The normalized spacial score (nSPS) is 22.4. The summed E-state index contributed by atoms with van der Waals surface area (Å²) in [7, 11) is 0. The Balaban J connectivity index is 1.78. The molecule has 0 saturated carbocycles. The molecule has 1 heterocycles. The summed E-state index contributed by atoms with van der Waals surface area (Å²) in [4.78, 5) is 0. The molecule has 0 aromatic carbocycles. The number of hydrogen-bond donors (Lipinski definition) is 2. The van der Waals surface area contributed by atoms with Crippen LogP contribution in [0.25, 0.3) is 0 Å². The summed E-state index contributed by atoms with van der Waals surface area (Å²) in [6, 6.07) is 0.751. The minimum Gasteiger partial charge on any atom is -0.315 e. The first-order valence-corrected chi connectivity index (χ1v) is 6.76. The van der Waals surface area contributed by atoms with Crippen molar-refractivity contribution in [2.45, 2.75) is 31.7 Å². The lowest BCUT2D eigenvalue weighted by molar-refractivity contribution is 0.528. The molecule has 0 aromatic rings. The van der Waals surface area contributed by atoms with Crippen molar-refractivity contribution >= 4 is 11.8 Å². The van der Waals surface area contributed by atoms with Gasteiger partial charge >= 0.3 is 0 Å². The molecule has 13 heavy (non-hydrogen) atoms. The number of hydrogen-bond acceptors (Lipinski definition) is 3. The van der Waals surface area contributed by atoms with E-state index >= 15 is 0 Å². The fraction of sp³-hybridized carbons (Fsp3) is 1.00. The highest BCUT2D eigenvalue weighted by Crippen LogP contribution is 2.03. The van der Waals surface area contributed by atoms with E-state index in [1.807, 2.05) is 11.8 Å². The van der Waals surface area contributed by atoms with Crippen LogP contribution in [-0.4, -0.2) is 37.7 Å². The molecule has 0 amide bonds. The molecule has 1 fully saturated rings. The predicted octanol–water partition coefficient (Wildman–Crippen LogP) is 1.47. The summed E-state index contributed by atoms with van der Waals surface area (Å²) < 4.78 is 0. The zero-order chi connectivity index (χ0) is 9.36. The average Bonchev–Trinajstić information content (AvgIpc) is 2.63. The summed E-state index contributed by atoms with van der Waals surface area (Å²) in [6.45, 7) is 3.58. The van der Waals surface area contributed by atoms with Crippen LogP contribution in [0.15, 0.2) is 0 Å². The minimum atomic E-state index is 0.751. The second kappa shape index (κ2) is 7.65. The average molecular weight is 202 g/mol. The van der Waals surface area contributed by atoms with E-state index in [0.29, 0.717) is 0 Å². The topological polar surface area (TPSA) is 24.1 Å². The standard InChI is InChI=1S/C10H22N2S/c1-13-8-3-2-6-11-9-10-5-4-7-12-10/h10-12H,2-9H2,1H3. The van der Waals surface area contributed by atoms with Gasteiger partial charge in [-0.05, 0) is 50.8 Å². The van der Waals surface area contributed by atoms with Gasteiger partial charge < -0.3 is 10.6 Å². The Kier molecular flexibility index (Phi) is 6.68. The quantitative estimate of drug-likeness (QED) is 0.611. The molecule has 1 aliphatic heterocycles. The first-order chi connectivity index (χ1) is 6.43. The van der Waals surface area contributed by atoms with Gasteiger partial charge in [-0.15, -0.1) is 0 Å². The van der Waals surface area contributed by atoms with Gasteiger partial charge in [0.15, 0.2) is 0 Å². The summed E-state index contributed by atoms with van der Waals surface area (Å²) in [5, 5.41) is 7.01. The van der Waals surface area contributed by atoms with E-state index in [1.165, 1.54) is 51.1 Å². The molecule has 0 aromatic heterocycles. The Bertz CT molecular complexity index is 113. The highest BCUT2D eigenvalue weighted by molar-refractivity contribution is 7.98. The van der Waals surface area contributed by atoms with E-state index in [0.717, 1.165) is 6.04 Å². The monoisotopic (exact) mass is 202 g/mol. The summed E-state index contributed by atoms with van der Waals surface area (Å²) >= 11 is 1.94. The van der Waals surface area contributed by atoms with Gasteiger partial charge in [0.25, 0.3) is 0 Å². The Labute approximate surface area is 86.2 Å². The van der Waals surface area contributed by atoms with E-state index in [2.05, 4.69) is 16.9 Å². The number of nitrogens with one attached hydrogen (secondary N) is 2. The minimum absolute atomic E-state index is 0.751. The second-order valence-corrected chi connectivity index (χ2v) is 4.68. The third kappa shape index (κ3) is 5.55. The zero-order valence-corrected chi connectivity index (χ0v) is 9.46. The molecule has 0 bridgehead atoms. The van der Waals surface area contributed by atoms with Crippen LogP contribution >= 0.6 is 11.8 Å². The molecule has 1 unspecified atom stereocenters. The Morgan fingerprint density at radius 1 is 1.46 bits per heavy atom. The molecular weight excluding hydrogens is 180 g/mol. The third-order valence-electron chi connectivity index (χ3n) is 2.51. The lowest BCUT2D eigenvalue weighted by atomic mass is 10.2. The fourth-order valence-corrected chi connectivity index (χ4v) is 2.20. The van der Waals surface area contributed by atoms with Gasteiger partial charge in [-0.2, -0.15) is 11.8 Å². The van der Waals surface area contributed by atoms with Crippen molar-refractivity contribution in [1.82, 2.24) is 10.6 Å².